The van der Waals surface area contributed by atoms with Crippen molar-refractivity contribution >= 4 is 23.8 Å². The van der Waals surface area contributed by atoms with E-state index in [1.807, 2.05) is 36.9 Å². The van der Waals surface area contributed by atoms with E-state index >= 15 is 0 Å². The second-order valence-electron chi connectivity index (χ2n) is 9.38. The highest BCUT2D eigenvalue weighted by Crippen LogP contribution is 2.43. The van der Waals surface area contributed by atoms with E-state index in [-0.39, 0.29) is 30.3 Å². The van der Waals surface area contributed by atoms with Gasteiger partial charge in [0.2, 0.25) is 5.91 Å². The van der Waals surface area contributed by atoms with E-state index in [9.17, 15) is 19.2 Å². The Balaban J connectivity index is 1.39. The summed E-state index contributed by atoms with van der Waals surface area (Å²) in [4.78, 5) is 57.5. The summed E-state index contributed by atoms with van der Waals surface area (Å²) in [7, 11) is 1.57. The third kappa shape index (κ3) is 3.46. The van der Waals surface area contributed by atoms with Gasteiger partial charge in [0.25, 0.3) is 11.8 Å². The fourth-order valence-electron chi connectivity index (χ4n) is 5.26. The minimum absolute atomic E-state index is 0.0183. The third-order valence-corrected chi connectivity index (χ3v) is 7.31. The molecule has 3 saturated heterocycles. The summed E-state index contributed by atoms with van der Waals surface area (Å²) in [6.07, 6.45) is 2.72. The molecule has 1 aromatic heterocycles. The number of carbonyl (C=O) groups excluding carboxylic acids is 4. The highest BCUT2D eigenvalue weighted by atomic mass is 16.3. The molecule has 2 aromatic rings. The Morgan fingerprint density at radius 1 is 1.00 bits per heavy atom. The Morgan fingerprint density at radius 3 is 2.32 bits per heavy atom. The summed E-state index contributed by atoms with van der Waals surface area (Å²) < 4.78 is 5.24. The molecule has 34 heavy (non-hydrogen) atoms. The van der Waals surface area contributed by atoms with Crippen LogP contribution in [0.1, 0.15) is 46.1 Å². The topological polar surface area (TPSA) is 94.4 Å². The highest BCUT2D eigenvalue weighted by molar-refractivity contribution is 6.07. The zero-order valence-corrected chi connectivity index (χ0v) is 19.6. The van der Waals surface area contributed by atoms with Crippen molar-refractivity contribution in [1.82, 2.24) is 19.6 Å². The number of likely N-dealkylation sites (N-methyl/N-ethyl adjacent to an activating group) is 1. The minimum atomic E-state index is -0.838. The smallest absolute Gasteiger partial charge is 0.327 e. The fraction of sp³-hybridized carbons (Fsp3) is 0.440. The Labute approximate surface area is 197 Å². The number of furan rings is 1. The van der Waals surface area contributed by atoms with Crippen molar-refractivity contribution < 1.29 is 23.6 Å². The zero-order valence-electron chi connectivity index (χ0n) is 19.6. The van der Waals surface area contributed by atoms with Gasteiger partial charge in [-0.2, -0.15) is 0 Å². The lowest BCUT2D eigenvalue weighted by Crippen LogP contribution is -2.70. The monoisotopic (exact) mass is 464 g/mol. The number of aryl methyl sites for hydroxylation is 2. The molecule has 9 heteroatoms. The highest BCUT2D eigenvalue weighted by Gasteiger charge is 2.58. The average molecular weight is 465 g/mol. The molecule has 5 amide bonds. The van der Waals surface area contributed by atoms with Gasteiger partial charge in [0.15, 0.2) is 5.76 Å². The summed E-state index contributed by atoms with van der Waals surface area (Å²) in [6.45, 7) is 5.02. The van der Waals surface area contributed by atoms with Crippen LogP contribution in [0.4, 0.5) is 4.79 Å². The van der Waals surface area contributed by atoms with Gasteiger partial charge in [-0.1, -0.05) is 18.2 Å². The van der Waals surface area contributed by atoms with E-state index in [2.05, 4.69) is 0 Å². The lowest BCUT2D eigenvalue weighted by Gasteiger charge is -2.54. The number of imide groups is 1. The summed E-state index contributed by atoms with van der Waals surface area (Å²) >= 11 is 0. The van der Waals surface area contributed by atoms with Crippen LogP contribution in [0, 0.1) is 13.8 Å². The Kier molecular flexibility index (Phi) is 5.42. The maximum atomic E-state index is 13.4. The van der Waals surface area contributed by atoms with Crippen molar-refractivity contribution in [3.8, 4) is 0 Å². The van der Waals surface area contributed by atoms with Crippen LogP contribution in [0.2, 0.25) is 0 Å². The first kappa shape index (κ1) is 22.2. The van der Waals surface area contributed by atoms with Crippen LogP contribution in [-0.2, 0) is 9.59 Å². The molecule has 0 unspecified atom stereocenters. The van der Waals surface area contributed by atoms with Crippen LogP contribution in [0.5, 0.6) is 0 Å². The number of piperidine rings is 1. The second kappa shape index (κ2) is 8.30. The maximum Gasteiger partial charge on any atom is 0.327 e. The van der Waals surface area contributed by atoms with E-state index in [4.69, 9.17) is 4.42 Å². The number of β-lactam (4-membered cyclic amide) rings is 1. The molecule has 0 radical (unpaired) electrons. The predicted octanol–water partition coefficient (Wildman–Crippen LogP) is 2.35. The standard InChI is InChI=1S/C25H28N4O5/c1-15-6-7-17(13-16(15)2)21-22(29-20(30)14-26(3)25(29)33)24(32)28(21)18-8-10-27(11-9-18)23(31)19-5-4-12-34-19/h4-7,12-13,18,21-22H,8-11,14H2,1-3H3/t21-,22-/m1/s1. The molecule has 1 aromatic carbocycles. The van der Waals surface area contributed by atoms with Gasteiger partial charge in [0, 0.05) is 26.2 Å². The Bertz CT molecular complexity index is 1150. The van der Waals surface area contributed by atoms with Gasteiger partial charge in [0.1, 0.15) is 12.6 Å². The van der Waals surface area contributed by atoms with E-state index in [1.165, 1.54) is 11.2 Å². The molecule has 0 N–H and O–H groups in total. The molecule has 0 saturated carbocycles. The number of likely N-dealkylation sites (tertiary alicyclic amines) is 2. The van der Waals surface area contributed by atoms with Gasteiger partial charge in [-0.3, -0.25) is 14.4 Å². The number of amides is 5. The van der Waals surface area contributed by atoms with Crippen molar-refractivity contribution in [3.63, 3.8) is 0 Å². The molecule has 4 heterocycles. The van der Waals surface area contributed by atoms with Crippen molar-refractivity contribution in [2.45, 2.75) is 44.8 Å². The fourth-order valence-corrected chi connectivity index (χ4v) is 5.26. The number of hydrogen-bond donors (Lipinski definition) is 0. The van der Waals surface area contributed by atoms with Crippen LogP contribution < -0.4 is 0 Å². The minimum Gasteiger partial charge on any atom is -0.459 e. The number of urea groups is 1. The summed E-state index contributed by atoms with van der Waals surface area (Å²) in [5.74, 6) is -0.408. The molecular weight excluding hydrogens is 436 g/mol. The Morgan fingerprint density at radius 2 is 1.74 bits per heavy atom. The first-order valence-electron chi connectivity index (χ1n) is 11.6. The summed E-state index contributed by atoms with van der Waals surface area (Å²) in [5, 5.41) is 0. The number of rotatable bonds is 4. The van der Waals surface area contributed by atoms with Gasteiger partial charge in [-0.25, -0.2) is 9.69 Å². The van der Waals surface area contributed by atoms with Crippen LogP contribution in [0.25, 0.3) is 0 Å². The first-order chi connectivity index (χ1) is 16.3. The molecule has 2 atom stereocenters. The van der Waals surface area contributed by atoms with Gasteiger partial charge in [-0.15, -0.1) is 0 Å². The van der Waals surface area contributed by atoms with Crippen LogP contribution in [0.15, 0.2) is 41.0 Å². The number of nitrogens with zero attached hydrogens (tertiary/aromatic N) is 4. The first-order valence-corrected chi connectivity index (χ1v) is 11.6. The van der Waals surface area contributed by atoms with Gasteiger partial charge < -0.3 is 19.1 Å². The molecule has 9 nitrogen and oxygen atoms in total. The molecular formula is C25H28N4O5. The largest absolute Gasteiger partial charge is 0.459 e. The number of hydrogen-bond acceptors (Lipinski definition) is 5. The maximum absolute atomic E-state index is 13.4. The average Bonchev–Trinajstić information content (AvgIpc) is 3.44. The van der Waals surface area contributed by atoms with E-state index in [0.717, 1.165) is 21.6 Å². The predicted molar refractivity (Wildman–Crippen MR) is 122 cm³/mol. The quantitative estimate of drug-likeness (QED) is 0.511. The Hall–Kier alpha value is -3.62. The van der Waals surface area contributed by atoms with Crippen molar-refractivity contribution in [2.75, 3.05) is 26.7 Å². The van der Waals surface area contributed by atoms with E-state index in [1.54, 1.807) is 24.1 Å². The molecule has 0 spiro atoms. The second-order valence-corrected chi connectivity index (χ2v) is 9.38. The SMILES string of the molecule is Cc1ccc([C@@H]2[C@@H](N3C(=O)CN(C)C3=O)C(=O)N2C2CCN(C(=O)c3ccco3)CC2)cc1C. The third-order valence-electron chi connectivity index (χ3n) is 7.31. The zero-order chi connectivity index (χ0) is 24.1. The summed E-state index contributed by atoms with van der Waals surface area (Å²) in [5.41, 5.74) is 3.14. The van der Waals surface area contributed by atoms with Crippen molar-refractivity contribution in [2.24, 2.45) is 0 Å². The molecule has 3 aliphatic heterocycles. The lowest BCUT2D eigenvalue weighted by molar-refractivity contribution is -0.167. The number of carbonyl (C=O) groups is 4. The number of benzene rings is 1. The van der Waals surface area contributed by atoms with E-state index < -0.39 is 18.1 Å². The normalized spacial score (nSPS) is 23.7. The molecule has 3 aliphatic rings. The summed E-state index contributed by atoms with van der Waals surface area (Å²) in [6, 6.07) is 7.60. The van der Waals surface area contributed by atoms with Gasteiger partial charge in [0.05, 0.1) is 12.3 Å². The van der Waals surface area contributed by atoms with Crippen LogP contribution in [0.3, 0.4) is 0 Å². The van der Waals surface area contributed by atoms with Crippen molar-refractivity contribution in [3.05, 3.63) is 59.0 Å². The molecule has 178 valence electrons. The van der Waals surface area contributed by atoms with Gasteiger partial charge >= 0.3 is 6.03 Å². The van der Waals surface area contributed by atoms with Crippen molar-refractivity contribution in [1.29, 1.82) is 0 Å². The molecule has 3 fully saturated rings. The van der Waals surface area contributed by atoms with Crippen LogP contribution in [-0.4, -0.2) is 82.1 Å². The molecule has 5 rings (SSSR count). The molecule has 0 bridgehead atoms. The van der Waals surface area contributed by atoms with Gasteiger partial charge in [-0.05, 0) is 55.5 Å². The van der Waals surface area contributed by atoms with E-state index in [0.29, 0.717) is 31.7 Å². The molecule has 0 aliphatic carbocycles. The lowest BCUT2D eigenvalue weighted by atomic mass is 9.82. The van der Waals surface area contributed by atoms with Crippen LogP contribution >= 0.6 is 0 Å².